The molecule has 0 N–H and O–H groups in total. The summed E-state index contributed by atoms with van der Waals surface area (Å²) in [5.41, 5.74) is -0.181. The first-order valence-electron chi connectivity index (χ1n) is 6.68. The Kier molecular flexibility index (Phi) is 6.01. The quantitative estimate of drug-likeness (QED) is 0.538. The number of carbonyl (C=O) groups excluding carboxylic acids is 1. The van der Waals surface area contributed by atoms with Crippen LogP contribution in [0.25, 0.3) is 0 Å². The van der Waals surface area contributed by atoms with Gasteiger partial charge in [-0.15, -0.1) is 0 Å². The second-order valence-corrected chi connectivity index (χ2v) is 6.11. The number of ether oxygens (including phenoxy) is 1. The zero-order valence-electron chi connectivity index (χ0n) is 12.0. The van der Waals surface area contributed by atoms with Crippen molar-refractivity contribution in [2.45, 2.75) is 19.0 Å². The van der Waals surface area contributed by atoms with Crippen LogP contribution in [0.3, 0.4) is 0 Å². The van der Waals surface area contributed by atoms with Gasteiger partial charge in [-0.3, -0.25) is 4.79 Å². The summed E-state index contributed by atoms with van der Waals surface area (Å²) in [6.45, 7) is 0. The van der Waals surface area contributed by atoms with Crippen LogP contribution in [0.2, 0.25) is 10.0 Å². The number of carbonyl (C=O) groups is 1. The fourth-order valence-electron chi connectivity index (χ4n) is 1.95. The Morgan fingerprint density at radius 3 is 2.25 bits per heavy atom. The maximum absolute atomic E-state index is 12.7. The molecule has 0 atom stereocenters. The molecular formula is C16H10Cl3F3O2. The Morgan fingerprint density at radius 2 is 1.71 bits per heavy atom. The van der Waals surface area contributed by atoms with Gasteiger partial charge in [-0.25, -0.2) is 0 Å². The third kappa shape index (κ3) is 5.03. The Balaban J connectivity index is 2.25. The molecule has 0 radical (unpaired) electrons. The molecule has 0 saturated heterocycles. The smallest absolute Gasteiger partial charge is 0.416 e. The molecule has 0 spiro atoms. The minimum absolute atomic E-state index is 0.0723. The number of hydrogen-bond acceptors (Lipinski definition) is 2. The van der Waals surface area contributed by atoms with Gasteiger partial charge in [0.05, 0.1) is 15.6 Å². The summed E-state index contributed by atoms with van der Waals surface area (Å²) in [6, 6.07) is 8.16. The highest BCUT2D eigenvalue weighted by atomic mass is 35.5. The highest BCUT2D eigenvalue weighted by Gasteiger charge is 2.32. The lowest BCUT2D eigenvalue weighted by Crippen LogP contribution is -2.05. The van der Waals surface area contributed by atoms with E-state index in [0.717, 1.165) is 17.7 Å². The molecule has 0 fully saturated rings. The van der Waals surface area contributed by atoms with Gasteiger partial charge in [0.2, 0.25) is 5.24 Å². The fourth-order valence-corrected chi connectivity index (χ4v) is 2.60. The van der Waals surface area contributed by atoms with E-state index in [1.807, 2.05) is 0 Å². The molecule has 2 nitrogen and oxygen atoms in total. The van der Waals surface area contributed by atoms with Gasteiger partial charge in [0.15, 0.2) is 5.75 Å². The van der Waals surface area contributed by atoms with Crippen molar-refractivity contribution in [1.29, 1.82) is 0 Å². The maximum atomic E-state index is 12.7. The average Bonchev–Trinajstić information content (AvgIpc) is 2.48. The lowest BCUT2D eigenvalue weighted by atomic mass is 10.1. The van der Waals surface area contributed by atoms with E-state index in [-0.39, 0.29) is 22.2 Å². The Labute approximate surface area is 151 Å². The second-order valence-electron chi connectivity index (χ2n) is 4.87. The van der Waals surface area contributed by atoms with E-state index in [0.29, 0.717) is 12.2 Å². The van der Waals surface area contributed by atoms with Crippen LogP contribution in [0.4, 0.5) is 13.2 Å². The number of hydrogen-bond donors (Lipinski definition) is 0. The highest BCUT2D eigenvalue weighted by molar-refractivity contribution is 6.63. The van der Waals surface area contributed by atoms with Gasteiger partial charge in [0, 0.05) is 6.42 Å². The van der Waals surface area contributed by atoms with Gasteiger partial charge >= 0.3 is 6.18 Å². The van der Waals surface area contributed by atoms with Crippen LogP contribution < -0.4 is 4.74 Å². The lowest BCUT2D eigenvalue weighted by Gasteiger charge is -2.13. The Morgan fingerprint density at radius 1 is 1.08 bits per heavy atom. The molecule has 0 unspecified atom stereocenters. The van der Waals surface area contributed by atoms with Gasteiger partial charge < -0.3 is 4.74 Å². The molecule has 0 saturated carbocycles. The minimum Gasteiger partial charge on any atom is -0.454 e. The highest BCUT2D eigenvalue weighted by Crippen LogP contribution is 2.41. The van der Waals surface area contributed by atoms with Crippen LogP contribution in [0.15, 0.2) is 36.4 Å². The van der Waals surface area contributed by atoms with Gasteiger partial charge in [-0.1, -0.05) is 35.3 Å². The SMILES string of the molecule is O=C(Cl)CCc1cccc(Oc2c(Cl)cc(C(F)(F)F)cc2Cl)c1. The summed E-state index contributed by atoms with van der Waals surface area (Å²) in [5.74, 6) is 0.259. The van der Waals surface area contributed by atoms with Crippen LogP contribution in [0, 0.1) is 0 Å². The molecular weight excluding hydrogens is 388 g/mol. The molecule has 0 heterocycles. The van der Waals surface area contributed by atoms with Crippen molar-refractivity contribution in [3.63, 3.8) is 0 Å². The molecule has 24 heavy (non-hydrogen) atoms. The monoisotopic (exact) mass is 396 g/mol. The van der Waals surface area contributed by atoms with Crippen LogP contribution in [-0.2, 0) is 17.4 Å². The van der Waals surface area contributed by atoms with E-state index in [4.69, 9.17) is 39.5 Å². The molecule has 0 amide bonds. The number of aryl methyl sites for hydroxylation is 1. The van der Waals surface area contributed by atoms with Crippen LogP contribution in [0.5, 0.6) is 11.5 Å². The van der Waals surface area contributed by atoms with Gasteiger partial charge in [0.1, 0.15) is 5.75 Å². The van der Waals surface area contributed by atoms with Crippen molar-refractivity contribution < 1.29 is 22.7 Å². The van der Waals surface area contributed by atoms with Crippen LogP contribution in [-0.4, -0.2) is 5.24 Å². The first kappa shape index (κ1) is 18.9. The molecule has 8 heteroatoms. The standard InChI is InChI=1S/C16H10Cl3F3O2/c17-12-7-10(16(20,21)22)8-13(18)15(12)24-11-3-1-2-9(6-11)4-5-14(19)23/h1-3,6-8H,4-5H2. The third-order valence-electron chi connectivity index (χ3n) is 3.05. The minimum atomic E-state index is -4.56. The largest absolute Gasteiger partial charge is 0.454 e. The van der Waals surface area contributed by atoms with Crippen molar-refractivity contribution in [3.05, 3.63) is 57.6 Å². The summed E-state index contributed by atoms with van der Waals surface area (Å²) >= 11 is 17.0. The van der Waals surface area contributed by atoms with Crippen molar-refractivity contribution >= 4 is 40.0 Å². The number of halogens is 6. The molecule has 2 aromatic rings. The van der Waals surface area contributed by atoms with Crippen molar-refractivity contribution in [1.82, 2.24) is 0 Å². The number of alkyl halides is 3. The van der Waals surface area contributed by atoms with E-state index < -0.39 is 17.0 Å². The zero-order chi connectivity index (χ0) is 17.9. The molecule has 0 aliphatic heterocycles. The van der Waals surface area contributed by atoms with Crippen molar-refractivity contribution in [3.8, 4) is 11.5 Å². The Hall–Kier alpha value is -1.43. The van der Waals surface area contributed by atoms with E-state index in [1.54, 1.807) is 24.3 Å². The number of benzene rings is 2. The van der Waals surface area contributed by atoms with Gasteiger partial charge in [-0.2, -0.15) is 13.2 Å². The summed E-state index contributed by atoms with van der Waals surface area (Å²) in [7, 11) is 0. The number of rotatable bonds is 5. The molecule has 128 valence electrons. The van der Waals surface area contributed by atoms with E-state index in [2.05, 4.69) is 0 Å². The summed E-state index contributed by atoms with van der Waals surface area (Å²) in [4.78, 5) is 10.8. The molecule has 2 aromatic carbocycles. The van der Waals surface area contributed by atoms with E-state index in [9.17, 15) is 18.0 Å². The molecule has 2 rings (SSSR count). The zero-order valence-corrected chi connectivity index (χ0v) is 14.2. The van der Waals surface area contributed by atoms with Gasteiger partial charge in [0.25, 0.3) is 0 Å². The molecule has 0 bridgehead atoms. The average molecular weight is 398 g/mol. The predicted octanol–water partition coefficient (Wildman–Crippen LogP) is 6.50. The summed E-state index contributed by atoms with van der Waals surface area (Å²) in [6.07, 6.45) is -3.99. The van der Waals surface area contributed by atoms with E-state index >= 15 is 0 Å². The van der Waals surface area contributed by atoms with Crippen molar-refractivity contribution in [2.75, 3.05) is 0 Å². The van der Waals surface area contributed by atoms with Crippen LogP contribution >= 0.6 is 34.8 Å². The topological polar surface area (TPSA) is 26.3 Å². The summed E-state index contributed by atoms with van der Waals surface area (Å²) < 4.78 is 43.6. The first-order valence-corrected chi connectivity index (χ1v) is 7.81. The molecule has 0 aromatic heterocycles. The molecule has 0 aliphatic rings. The van der Waals surface area contributed by atoms with Gasteiger partial charge in [-0.05, 0) is 47.9 Å². The second kappa shape index (κ2) is 7.64. The van der Waals surface area contributed by atoms with Crippen LogP contribution in [0.1, 0.15) is 17.5 Å². The van der Waals surface area contributed by atoms with Crippen molar-refractivity contribution in [2.24, 2.45) is 0 Å². The Bertz CT molecular complexity index is 737. The molecule has 0 aliphatic carbocycles. The fraction of sp³-hybridized carbons (Fsp3) is 0.188. The maximum Gasteiger partial charge on any atom is 0.416 e. The third-order valence-corrected chi connectivity index (χ3v) is 3.80. The van der Waals surface area contributed by atoms with E-state index in [1.165, 1.54) is 0 Å². The predicted molar refractivity (Wildman–Crippen MR) is 87.2 cm³/mol. The normalized spacial score (nSPS) is 11.4. The summed E-state index contributed by atoms with van der Waals surface area (Å²) in [5, 5.41) is -0.970. The lowest BCUT2D eigenvalue weighted by molar-refractivity contribution is -0.137. The first-order chi connectivity index (χ1) is 11.2.